The summed E-state index contributed by atoms with van der Waals surface area (Å²) in [6.07, 6.45) is 6.08. The van der Waals surface area contributed by atoms with E-state index in [4.69, 9.17) is 0 Å². The molecular weight excluding hydrogens is 230 g/mol. The Kier molecular flexibility index (Phi) is 4.95. The third kappa shape index (κ3) is 4.05. The van der Waals surface area contributed by atoms with Crippen molar-refractivity contribution in [1.82, 2.24) is 15.2 Å². The zero-order chi connectivity index (χ0) is 12.1. The van der Waals surface area contributed by atoms with Crippen LogP contribution in [0.1, 0.15) is 36.1 Å². The van der Waals surface area contributed by atoms with Gasteiger partial charge >= 0.3 is 0 Å². The van der Waals surface area contributed by atoms with Gasteiger partial charge in [0.05, 0.1) is 5.01 Å². The number of hydrogen-bond acceptors (Lipinski definition) is 4. The molecule has 3 nitrogen and oxygen atoms in total. The van der Waals surface area contributed by atoms with Gasteiger partial charge in [-0.2, -0.15) is 0 Å². The van der Waals surface area contributed by atoms with Crippen molar-refractivity contribution in [3.05, 3.63) is 16.1 Å². The van der Waals surface area contributed by atoms with Crippen molar-refractivity contribution in [2.75, 3.05) is 19.6 Å². The van der Waals surface area contributed by atoms with E-state index in [2.05, 4.69) is 29.0 Å². The van der Waals surface area contributed by atoms with Crippen LogP contribution in [0.5, 0.6) is 0 Å². The second-order valence-corrected chi connectivity index (χ2v) is 6.14. The van der Waals surface area contributed by atoms with Gasteiger partial charge in [0.2, 0.25) is 0 Å². The molecule has 2 heterocycles. The summed E-state index contributed by atoms with van der Waals surface area (Å²) in [7, 11) is 0. The molecule has 0 radical (unpaired) electrons. The van der Waals surface area contributed by atoms with E-state index in [-0.39, 0.29) is 0 Å². The number of rotatable bonds is 5. The maximum Gasteiger partial charge on any atom is 0.0897 e. The van der Waals surface area contributed by atoms with Crippen molar-refractivity contribution < 1.29 is 0 Å². The first-order valence-electron chi connectivity index (χ1n) is 6.65. The number of thiazole rings is 1. The first-order valence-corrected chi connectivity index (χ1v) is 7.46. The molecule has 1 saturated heterocycles. The van der Waals surface area contributed by atoms with Crippen LogP contribution in [-0.4, -0.2) is 35.6 Å². The van der Waals surface area contributed by atoms with Gasteiger partial charge in [-0.1, -0.05) is 13.3 Å². The van der Waals surface area contributed by atoms with Crippen molar-refractivity contribution in [1.29, 1.82) is 0 Å². The van der Waals surface area contributed by atoms with Gasteiger partial charge < -0.3 is 5.32 Å². The molecule has 1 aromatic heterocycles. The minimum absolute atomic E-state index is 0.692. The summed E-state index contributed by atoms with van der Waals surface area (Å²) in [5.41, 5.74) is 0. The number of likely N-dealkylation sites (N-methyl/N-ethyl adjacent to an activating group) is 1. The molecule has 96 valence electrons. The number of nitrogens with zero attached hydrogens (tertiary/aromatic N) is 2. The number of nitrogens with one attached hydrogen (secondary N) is 1. The van der Waals surface area contributed by atoms with Crippen LogP contribution in [0.15, 0.2) is 6.20 Å². The standard InChI is InChI=1S/C13H23N3S/c1-3-16(9-12-6-4-5-7-14-12)10-13-8-15-11(2)17-13/h8,12,14H,3-7,9-10H2,1-2H3. The molecule has 1 aromatic rings. The SMILES string of the molecule is CCN(Cc1cnc(C)s1)CC1CCCCN1. The molecule has 1 unspecified atom stereocenters. The lowest BCUT2D eigenvalue weighted by molar-refractivity contribution is 0.228. The maximum absolute atomic E-state index is 4.33. The minimum Gasteiger partial charge on any atom is -0.313 e. The van der Waals surface area contributed by atoms with Crippen LogP contribution in [0.25, 0.3) is 0 Å². The fourth-order valence-corrected chi connectivity index (χ4v) is 3.23. The molecule has 4 heteroatoms. The molecule has 1 aliphatic heterocycles. The Morgan fingerprint density at radius 3 is 3.00 bits per heavy atom. The number of hydrogen-bond donors (Lipinski definition) is 1. The van der Waals surface area contributed by atoms with E-state index in [0.29, 0.717) is 6.04 Å². The van der Waals surface area contributed by atoms with Gasteiger partial charge in [0.1, 0.15) is 0 Å². The predicted octanol–water partition coefficient (Wildman–Crippen LogP) is 2.42. The molecule has 17 heavy (non-hydrogen) atoms. The van der Waals surface area contributed by atoms with Crippen molar-refractivity contribution in [2.24, 2.45) is 0 Å². The van der Waals surface area contributed by atoms with Gasteiger partial charge in [-0.05, 0) is 32.9 Å². The topological polar surface area (TPSA) is 28.2 Å². The normalized spacial score (nSPS) is 21.0. The number of aryl methyl sites for hydroxylation is 1. The lowest BCUT2D eigenvalue weighted by Crippen LogP contribution is -2.43. The quantitative estimate of drug-likeness (QED) is 0.873. The maximum atomic E-state index is 4.33. The van der Waals surface area contributed by atoms with E-state index in [1.165, 1.54) is 42.2 Å². The highest BCUT2D eigenvalue weighted by Gasteiger charge is 2.16. The Bertz CT molecular complexity index is 331. The highest BCUT2D eigenvalue weighted by atomic mass is 32.1. The van der Waals surface area contributed by atoms with Crippen LogP contribution in [-0.2, 0) is 6.54 Å². The van der Waals surface area contributed by atoms with Crippen LogP contribution in [0.2, 0.25) is 0 Å². The molecule has 1 atom stereocenters. The average Bonchev–Trinajstić information content (AvgIpc) is 2.75. The van der Waals surface area contributed by atoms with Gasteiger partial charge in [-0.3, -0.25) is 4.90 Å². The van der Waals surface area contributed by atoms with Crippen LogP contribution in [0.4, 0.5) is 0 Å². The van der Waals surface area contributed by atoms with E-state index >= 15 is 0 Å². The first kappa shape index (κ1) is 13.0. The van der Waals surface area contributed by atoms with Gasteiger partial charge in [0, 0.05) is 30.2 Å². The van der Waals surface area contributed by atoms with E-state index in [1.54, 1.807) is 0 Å². The first-order chi connectivity index (χ1) is 8.28. The Morgan fingerprint density at radius 1 is 1.53 bits per heavy atom. The summed E-state index contributed by atoms with van der Waals surface area (Å²) in [6.45, 7) is 8.87. The Morgan fingerprint density at radius 2 is 2.41 bits per heavy atom. The molecule has 0 aromatic carbocycles. The van der Waals surface area contributed by atoms with Gasteiger partial charge in [0.25, 0.3) is 0 Å². The highest BCUT2D eigenvalue weighted by Crippen LogP contribution is 2.15. The summed E-state index contributed by atoms with van der Waals surface area (Å²) in [4.78, 5) is 8.24. The van der Waals surface area contributed by atoms with E-state index in [1.807, 2.05) is 17.5 Å². The van der Waals surface area contributed by atoms with Crippen LogP contribution in [0.3, 0.4) is 0 Å². The van der Waals surface area contributed by atoms with Gasteiger partial charge in [-0.15, -0.1) is 11.3 Å². The van der Waals surface area contributed by atoms with Gasteiger partial charge in [-0.25, -0.2) is 4.98 Å². The Labute approximate surface area is 108 Å². The summed E-state index contributed by atoms with van der Waals surface area (Å²) < 4.78 is 0. The summed E-state index contributed by atoms with van der Waals surface area (Å²) in [5.74, 6) is 0. The average molecular weight is 253 g/mol. The molecule has 1 aliphatic rings. The fourth-order valence-electron chi connectivity index (χ4n) is 2.40. The summed E-state index contributed by atoms with van der Waals surface area (Å²) in [5, 5.41) is 4.79. The Balaban J connectivity index is 1.83. The van der Waals surface area contributed by atoms with E-state index in [0.717, 1.165) is 13.1 Å². The van der Waals surface area contributed by atoms with Crippen LogP contribution >= 0.6 is 11.3 Å². The van der Waals surface area contributed by atoms with Crippen molar-refractivity contribution in [3.63, 3.8) is 0 Å². The molecule has 0 saturated carbocycles. The lowest BCUT2D eigenvalue weighted by Gasteiger charge is -2.29. The van der Waals surface area contributed by atoms with Gasteiger partial charge in [0.15, 0.2) is 0 Å². The largest absolute Gasteiger partial charge is 0.313 e. The van der Waals surface area contributed by atoms with Crippen molar-refractivity contribution >= 4 is 11.3 Å². The molecule has 1 fully saturated rings. The zero-order valence-electron chi connectivity index (χ0n) is 10.9. The lowest BCUT2D eigenvalue weighted by atomic mass is 10.0. The fraction of sp³-hybridized carbons (Fsp3) is 0.769. The molecule has 0 bridgehead atoms. The molecule has 2 rings (SSSR count). The van der Waals surface area contributed by atoms with E-state index < -0.39 is 0 Å². The number of piperidine rings is 1. The van der Waals surface area contributed by atoms with Crippen molar-refractivity contribution in [3.8, 4) is 0 Å². The third-order valence-corrected chi connectivity index (χ3v) is 4.28. The smallest absolute Gasteiger partial charge is 0.0897 e. The van der Waals surface area contributed by atoms with Crippen LogP contribution in [0, 0.1) is 6.92 Å². The minimum atomic E-state index is 0.692. The van der Waals surface area contributed by atoms with Crippen molar-refractivity contribution in [2.45, 2.75) is 45.7 Å². The predicted molar refractivity (Wildman–Crippen MR) is 73.4 cm³/mol. The second-order valence-electron chi connectivity index (χ2n) is 4.82. The van der Waals surface area contributed by atoms with E-state index in [9.17, 15) is 0 Å². The highest BCUT2D eigenvalue weighted by molar-refractivity contribution is 7.11. The third-order valence-electron chi connectivity index (χ3n) is 3.39. The zero-order valence-corrected chi connectivity index (χ0v) is 11.7. The molecule has 0 aliphatic carbocycles. The Hall–Kier alpha value is -0.450. The summed E-state index contributed by atoms with van der Waals surface area (Å²) >= 11 is 1.82. The van der Waals surface area contributed by atoms with Crippen LogP contribution < -0.4 is 5.32 Å². The molecule has 0 spiro atoms. The molecule has 0 amide bonds. The second kappa shape index (κ2) is 6.47. The molecular formula is C13H23N3S. The molecule has 1 N–H and O–H groups in total. The number of aromatic nitrogens is 1. The summed E-state index contributed by atoms with van der Waals surface area (Å²) in [6, 6.07) is 0.692. The monoisotopic (exact) mass is 253 g/mol.